The number of esters is 1. The Morgan fingerprint density at radius 3 is 2.69 bits per heavy atom. The number of cyclic esters (lactones) is 1. The molecule has 16 heavy (non-hydrogen) atoms. The van der Waals surface area contributed by atoms with Crippen molar-refractivity contribution in [3.63, 3.8) is 0 Å². The molecule has 0 amide bonds. The maximum atomic E-state index is 11.6. The summed E-state index contributed by atoms with van der Waals surface area (Å²) in [6, 6.07) is 7.69. The van der Waals surface area contributed by atoms with Crippen molar-refractivity contribution >= 4 is 5.97 Å². The maximum Gasteiger partial charge on any atom is 0.339 e. The third-order valence-electron chi connectivity index (χ3n) is 3.47. The standard InChI is InChI=1S/C14H18O2/c1-4-14(2,3)9-12-10-7-5-6-8-11(10)13(15)16-12/h5-8,12H,4,9H2,1-3H3. The highest BCUT2D eigenvalue weighted by Gasteiger charge is 2.34. The fourth-order valence-corrected chi connectivity index (χ4v) is 2.02. The van der Waals surface area contributed by atoms with Crippen molar-refractivity contribution in [2.75, 3.05) is 0 Å². The summed E-state index contributed by atoms with van der Waals surface area (Å²) in [6.07, 6.45) is 1.92. The topological polar surface area (TPSA) is 26.3 Å². The summed E-state index contributed by atoms with van der Waals surface area (Å²) < 4.78 is 5.43. The van der Waals surface area contributed by atoms with Crippen molar-refractivity contribution in [3.05, 3.63) is 35.4 Å². The van der Waals surface area contributed by atoms with Gasteiger partial charge in [0.25, 0.3) is 0 Å². The summed E-state index contributed by atoms with van der Waals surface area (Å²) in [6.45, 7) is 6.59. The first-order chi connectivity index (χ1) is 7.53. The molecule has 0 bridgehead atoms. The number of ether oxygens (including phenoxy) is 1. The Bertz CT molecular complexity index is 407. The van der Waals surface area contributed by atoms with Crippen molar-refractivity contribution < 1.29 is 9.53 Å². The average molecular weight is 218 g/mol. The summed E-state index contributed by atoms with van der Waals surface area (Å²) in [5.41, 5.74) is 2.00. The Balaban J connectivity index is 2.24. The van der Waals surface area contributed by atoms with Gasteiger partial charge in [-0.15, -0.1) is 0 Å². The van der Waals surface area contributed by atoms with Crippen molar-refractivity contribution in [1.82, 2.24) is 0 Å². The number of benzene rings is 1. The molecule has 0 spiro atoms. The SMILES string of the molecule is CCC(C)(C)CC1OC(=O)c2ccccc21. The van der Waals surface area contributed by atoms with Crippen molar-refractivity contribution in [2.24, 2.45) is 5.41 Å². The third kappa shape index (κ3) is 1.97. The van der Waals surface area contributed by atoms with Gasteiger partial charge in [-0.2, -0.15) is 0 Å². The van der Waals surface area contributed by atoms with Gasteiger partial charge in [0.2, 0.25) is 0 Å². The van der Waals surface area contributed by atoms with Crippen LogP contribution in [-0.2, 0) is 4.74 Å². The first-order valence-corrected chi connectivity index (χ1v) is 5.83. The smallest absolute Gasteiger partial charge is 0.339 e. The summed E-state index contributed by atoms with van der Waals surface area (Å²) in [4.78, 5) is 11.6. The second-order valence-electron chi connectivity index (χ2n) is 5.20. The molecule has 1 atom stereocenters. The minimum Gasteiger partial charge on any atom is -0.454 e. The predicted molar refractivity (Wildman–Crippen MR) is 63.3 cm³/mol. The quantitative estimate of drug-likeness (QED) is 0.723. The number of fused-ring (bicyclic) bond motifs is 1. The molecule has 86 valence electrons. The lowest BCUT2D eigenvalue weighted by atomic mass is 9.82. The second-order valence-corrected chi connectivity index (χ2v) is 5.20. The normalized spacial score (nSPS) is 19.4. The molecule has 1 aliphatic rings. The van der Waals surface area contributed by atoms with E-state index in [1.165, 1.54) is 0 Å². The zero-order valence-corrected chi connectivity index (χ0v) is 10.1. The van der Waals surface area contributed by atoms with Gasteiger partial charge in [-0.05, 0) is 17.9 Å². The highest BCUT2D eigenvalue weighted by Crippen LogP contribution is 2.40. The molecular weight excluding hydrogens is 200 g/mol. The number of carbonyl (C=O) groups excluding carboxylic acids is 1. The molecule has 0 saturated heterocycles. The van der Waals surface area contributed by atoms with E-state index < -0.39 is 0 Å². The van der Waals surface area contributed by atoms with Crippen LogP contribution in [0.2, 0.25) is 0 Å². The lowest BCUT2D eigenvalue weighted by Gasteiger charge is -2.25. The van der Waals surface area contributed by atoms with Gasteiger partial charge >= 0.3 is 5.97 Å². The van der Waals surface area contributed by atoms with Gasteiger partial charge in [0.15, 0.2) is 0 Å². The molecule has 0 aromatic heterocycles. The number of carbonyl (C=O) groups is 1. The van der Waals surface area contributed by atoms with Crippen LogP contribution in [0.5, 0.6) is 0 Å². The Kier molecular flexibility index (Phi) is 2.75. The van der Waals surface area contributed by atoms with E-state index in [9.17, 15) is 4.79 Å². The van der Waals surface area contributed by atoms with E-state index in [1.54, 1.807) is 0 Å². The fourth-order valence-electron chi connectivity index (χ4n) is 2.02. The summed E-state index contributed by atoms with van der Waals surface area (Å²) >= 11 is 0. The Labute approximate surface area is 96.6 Å². The molecule has 2 heteroatoms. The fraction of sp³-hybridized carbons (Fsp3) is 0.500. The number of rotatable bonds is 3. The van der Waals surface area contributed by atoms with Crippen LogP contribution in [0.15, 0.2) is 24.3 Å². The van der Waals surface area contributed by atoms with Crippen molar-refractivity contribution in [3.8, 4) is 0 Å². The van der Waals surface area contributed by atoms with Crippen LogP contribution in [0.3, 0.4) is 0 Å². The first kappa shape index (κ1) is 11.2. The van der Waals surface area contributed by atoms with Gasteiger partial charge < -0.3 is 4.74 Å². The number of hydrogen-bond acceptors (Lipinski definition) is 2. The molecule has 0 N–H and O–H groups in total. The molecule has 1 aromatic carbocycles. The first-order valence-electron chi connectivity index (χ1n) is 5.83. The maximum absolute atomic E-state index is 11.6. The largest absolute Gasteiger partial charge is 0.454 e. The van der Waals surface area contributed by atoms with Crippen molar-refractivity contribution in [1.29, 1.82) is 0 Å². The Morgan fingerprint density at radius 1 is 1.31 bits per heavy atom. The van der Waals surface area contributed by atoms with Gasteiger partial charge in [0.1, 0.15) is 6.10 Å². The number of hydrogen-bond donors (Lipinski definition) is 0. The highest BCUT2D eigenvalue weighted by molar-refractivity contribution is 5.93. The van der Waals surface area contributed by atoms with E-state index >= 15 is 0 Å². The molecule has 1 unspecified atom stereocenters. The monoisotopic (exact) mass is 218 g/mol. The lowest BCUT2D eigenvalue weighted by molar-refractivity contribution is 0.0277. The van der Waals surface area contributed by atoms with Gasteiger partial charge in [-0.1, -0.05) is 45.4 Å². The lowest BCUT2D eigenvalue weighted by Crippen LogP contribution is -2.15. The molecule has 0 fully saturated rings. The minimum absolute atomic E-state index is 0.0568. The van der Waals surface area contributed by atoms with Crippen LogP contribution in [-0.4, -0.2) is 5.97 Å². The molecule has 1 aromatic rings. The van der Waals surface area contributed by atoms with Crippen LogP contribution in [0.4, 0.5) is 0 Å². The van der Waals surface area contributed by atoms with E-state index in [0.29, 0.717) is 0 Å². The van der Waals surface area contributed by atoms with Crippen LogP contribution in [0.25, 0.3) is 0 Å². The zero-order chi connectivity index (χ0) is 11.8. The molecule has 1 aliphatic heterocycles. The highest BCUT2D eigenvalue weighted by atomic mass is 16.5. The second kappa shape index (κ2) is 3.93. The summed E-state index contributed by atoms with van der Waals surface area (Å²) in [7, 11) is 0. The minimum atomic E-state index is -0.174. The van der Waals surface area contributed by atoms with E-state index in [1.807, 2.05) is 24.3 Å². The van der Waals surface area contributed by atoms with Crippen molar-refractivity contribution in [2.45, 2.75) is 39.7 Å². The van der Waals surface area contributed by atoms with E-state index in [-0.39, 0.29) is 17.5 Å². The average Bonchev–Trinajstić information content (AvgIpc) is 2.56. The van der Waals surface area contributed by atoms with Crippen LogP contribution < -0.4 is 0 Å². The zero-order valence-electron chi connectivity index (χ0n) is 10.1. The molecule has 0 radical (unpaired) electrons. The van der Waals surface area contributed by atoms with Crippen LogP contribution in [0.1, 0.15) is 55.6 Å². The third-order valence-corrected chi connectivity index (χ3v) is 3.47. The Hall–Kier alpha value is -1.31. The van der Waals surface area contributed by atoms with Gasteiger partial charge in [0, 0.05) is 5.56 Å². The van der Waals surface area contributed by atoms with Crippen LogP contribution in [0, 0.1) is 5.41 Å². The molecular formula is C14H18O2. The summed E-state index contributed by atoms with van der Waals surface area (Å²) in [5.74, 6) is -0.174. The van der Waals surface area contributed by atoms with E-state index in [4.69, 9.17) is 4.74 Å². The summed E-state index contributed by atoms with van der Waals surface area (Å²) in [5, 5.41) is 0. The van der Waals surface area contributed by atoms with Crippen LogP contribution >= 0.6 is 0 Å². The van der Waals surface area contributed by atoms with Gasteiger partial charge in [-0.25, -0.2) is 4.79 Å². The molecule has 0 aliphatic carbocycles. The molecule has 1 heterocycles. The Morgan fingerprint density at radius 2 is 2.00 bits per heavy atom. The molecule has 2 nitrogen and oxygen atoms in total. The van der Waals surface area contributed by atoms with Gasteiger partial charge in [0.05, 0.1) is 5.56 Å². The van der Waals surface area contributed by atoms with E-state index in [2.05, 4.69) is 20.8 Å². The van der Waals surface area contributed by atoms with E-state index in [0.717, 1.165) is 24.0 Å². The predicted octanol–water partition coefficient (Wildman–Crippen LogP) is 3.72. The molecule has 2 rings (SSSR count). The molecule has 0 saturated carbocycles. The van der Waals surface area contributed by atoms with Gasteiger partial charge in [-0.3, -0.25) is 0 Å².